The summed E-state index contributed by atoms with van der Waals surface area (Å²) in [6.07, 6.45) is 1.97. The number of rotatable bonds is 6. The first-order valence-corrected chi connectivity index (χ1v) is 11.7. The number of fused-ring (bicyclic) bond motifs is 1. The minimum absolute atomic E-state index is 0.0566. The lowest BCUT2D eigenvalue weighted by molar-refractivity contribution is -0.0128. The maximum Gasteiger partial charge on any atom is 0.187 e. The van der Waals surface area contributed by atoms with E-state index in [4.69, 9.17) is 22.9 Å². The highest BCUT2D eigenvalue weighted by molar-refractivity contribution is 6.31. The number of hydrogen-bond acceptors (Lipinski definition) is 3. The second-order valence-corrected chi connectivity index (χ2v) is 8.98. The molecule has 5 rings (SSSR count). The summed E-state index contributed by atoms with van der Waals surface area (Å²) in [6, 6.07) is 18.9. The fourth-order valence-corrected chi connectivity index (χ4v) is 4.72. The number of piperidine rings is 1. The van der Waals surface area contributed by atoms with Gasteiger partial charge in [-0.3, -0.25) is 0 Å². The van der Waals surface area contributed by atoms with Crippen molar-refractivity contribution in [2.24, 2.45) is 5.92 Å². The quantitative estimate of drug-likeness (QED) is 0.301. The lowest BCUT2D eigenvalue weighted by Gasteiger charge is -2.31. The molecule has 1 aromatic heterocycles. The normalized spacial score (nSPS) is 15.3. The largest absolute Gasteiger partial charge is 0.365 e. The molecule has 4 aromatic rings. The fourth-order valence-electron chi connectivity index (χ4n) is 4.57. The van der Waals surface area contributed by atoms with Gasteiger partial charge in [-0.25, -0.2) is 14.2 Å². The van der Waals surface area contributed by atoms with Gasteiger partial charge in [0.25, 0.3) is 0 Å². The van der Waals surface area contributed by atoms with Crippen molar-refractivity contribution in [2.45, 2.75) is 25.6 Å². The molecule has 0 bridgehead atoms. The van der Waals surface area contributed by atoms with Crippen molar-refractivity contribution in [2.75, 3.05) is 13.1 Å². The standard InChI is InChI=1S/C27H24ClFN4O/c1-30-21-4-2-3-20(13-21)17-5-7-18(8-6-17)27(19-9-11-31-12-10-19)34-16-26-32-24-14-22(28)23(29)15-25(24)33-26/h2-8,13-15,19,27,31H,9-12,16H2,(H,32,33). The molecule has 0 aliphatic carbocycles. The van der Waals surface area contributed by atoms with Gasteiger partial charge in [0.15, 0.2) is 5.69 Å². The zero-order valence-electron chi connectivity index (χ0n) is 18.5. The van der Waals surface area contributed by atoms with E-state index in [9.17, 15) is 4.39 Å². The number of ether oxygens (including phenoxy) is 1. The molecule has 2 N–H and O–H groups in total. The second-order valence-electron chi connectivity index (χ2n) is 8.57. The minimum Gasteiger partial charge on any atom is -0.365 e. The Hall–Kier alpha value is -3.24. The van der Waals surface area contributed by atoms with Crippen LogP contribution >= 0.6 is 11.6 Å². The summed E-state index contributed by atoms with van der Waals surface area (Å²) in [7, 11) is 0. The van der Waals surface area contributed by atoms with Crippen LogP contribution < -0.4 is 5.32 Å². The van der Waals surface area contributed by atoms with Crippen molar-refractivity contribution in [3.63, 3.8) is 0 Å². The van der Waals surface area contributed by atoms with E-state index in [1.165, 1.54) is 12.1 Å². The molecular formula is C27H24ClFN4O. The van der Waals surface area contributed by atoms with Crippen molar-refractivity contribution in [1.82, 2.24) is 15.3 Å². The van der Waals surface area contributed by atoms with Crippen LogP contribution in [-0.2, 0) is 11.3 Å². The van der Waals surface area contributed by atoms with Gasteiger partial charge < -0.3 is 15.0 Å². The summed E-state index contributed by atoms with van der Waals surface area (Å²) in [5.41, 5.74) is 5.05. The molecule has 1 saturated heterocycles. The van der Waals surface area contributed by atoms with Gasteiger partial charge in [-0.05, 0) is 60.7 Å². The summed E-state index contributed by atoms with van der Waals surface area (Å²) in [6.45, 7) is 9.47. The highest BCUT2D eigenvalue weighted by Gasteiger charge is 2.26. The monoisotopic (exact) mass is 474 g/mol. The average molecular weight is 475 g/mol. The molecule has 0 saturated carbocycles. The van der Waals surface area contributed by atoms with Crippen molar-refractivity contribution < 1.29 is 9.13 Å². The van der Waals surface area contributed by atoms with Crippen LogP contribution in [0.5, 0.6) is 0 Å². The smallest absolute Gasteiger partial charge is 0.187 e. The van der Waals surface area contributed by atoms with E-state index in [2.05, 4.69) is 44.4 Å². The third-order valence-corrected chi connectivity index (χ3v) is 6.62. The van der Waals surface area contributed by atoms with E-state index < -0.39 is 5.82 Å². The van der Waals surface area contributed by atoms with E-state index in [-0.39, 0.29) is 17.7 Å². The van der Waals surface area contributed by atoms with Gasteiger partial charge in [-0.1, -0.05) is 54.1 Å². The Morgan fingerprint density at radius 2 is 1.88 bits per heavy atom. The van der Waals surface area contributed by atoms with Crippen molar-refractivity contribution >= 4 is 28.3 Å². The fraction of sp³-hybridized carbons (Fsp3) is 0.259. The van der Waals surface area contributed by atoms with Crippen LogP contribution in [-0.4, -0.2) is 23.1 Å². The van der Waals surface area contributed by atoms with Gasteiger partial charge >= 0.3 is 0 Å². The van der Waals surface area contributed by atoms with Gasteiger partial charge in [0.1, 0.15) is 18.2 Å². The molecule has 1 fully saturated rings. The van der Waals surface area contributed by atoms with Crippen LogP contribution in [0.3, 0.4) is 0 Å². The van der Waals surface area contributed by atoms with Crippen LogP contribution in [0.4, 0.5) is 10.1 Å². The molecule has 34 heavy (non-hydrogen) atoms. The van der Waals surface area contributed by atoms with Gasteiger partial charge in [-0.2, -0.15) is 0 Å². The van der Waals surface area contributed by atoms with Crippen molar-refractivity contribution in [3.05, 3.63) is 94.3 Å². The average Bonchev–Trinajstić information content (AvgIpc) is 3.27. The third-order valence-electron chi connectivity index (χ3n) is 6.33. The Labute approximate surface area is 202 Å². The van der Waals surface area contributed by atoms with E-state index >= 15 is 0 Å². The molecule has 0 spiro atoms. The first-order valence-electron chi connectivity index (χ1n) is 11.3. The number of nitrogens with one attached hydrogen (secondary N) is 2. The Kier molecular flexibility index (Phi) is 6.59. The molecule has 0 amide bonds. The summed E-state index contributed by atoms with van der Waals surface area (Å²) in [5.74, 6) is 0.553. The van der Waals surface area contributed by atoms with E-state index in [0.717, 1.165) is 42.6 Å². The van der Waals surface area contributed by atoms with Crippen LogP contribution in [0.2, 0.25) is 5.02 Å². The van der Waals surface area contributed by atoms with E-state index in [1.807, 2.05) is 24.3 Å². The third kappa shape index (κ3) is 4.83. The van der Waals surface area contributed by atoms with Crippen LogP contribution in [0.15, 0.2) is 60.7 Å². The molecule has 3 aromatic carbocycles. The predicted molar refractivity (Wildman–Crippen MR) is 132 cm³/mol. The maximum atomic E-state index is 13.8. The number of hydrogen-bond donors (Lipinski definition) is 2. The zero-order chi connectivity index (χ0) is 23.5. The SMILES string of the molecule is [C-]#[N+]c1cccc(-c2ccc(C(OCc3nc4cc(Cl)c(F)cc4[nH]3)C3CCNCC3)cc2)c1. The molecule has 1 aliphatic rings. The molecule has 7 heteroatoms. The molecule has 1 atom stereocenters. The first kappa shape index (κ1) is 22.5. The lowest BCUT2D eigenvalue weighted by atomic mass is 9.87. The molecule has 0 radical (unpaired) electrons. The van der Waals surface area contributed by atoms with Gasteiger partial charge in [0.05, 0.1) is 28.7 Å². The topological polar surface area (TPSA) is 54.3 Å². The van der Waals surface area contributed by atoms with Gasteiger partial charge in [0.2, 0.25) is 0 Å². The maximum absolute atomic E-state index is 13.8. The highest BCUT2D eigenvalue weighted by Crippen LogP contribution is 2.34. The summed E-state index contributed by atoms with van der Waals surface area (Å²) >= 11 is 5.90. The molecule has 2 heterocycles. The molecule has 1 unspecified atom stereocenters. The number of benzene rings is 3. The van der Waals surface area contributed by atoms with Crippen molar-refractivity contribution in [1.29, 1.82) is 0 Å². The number of H-pyrrole nitrogens is 1. The van der Waals surface area contributed by atoms with Crippen LogP contribution in [0.25, 0.3) is 27.0 Å². The summed E-state index contributed by atoms with van der Waals surface area (Å²) in [4.78, 5) is 11.2. The van der Waals surface area contributed by atoms with Gasteiger partial charge in [0, 0.05) is 6.07 Å². The number of halogens is 2. The Balaban J connectivity index is 1.38. The second kappa shape index (κ2) is 9.94. The minimum atomic E-state index is -0.472. The molecule has 172 valence electrons. The lowest BCUT2D eigenvalue weighted by Crippen LogP contribution is -2.31. The predicted octanol–water partition coefficient (Wildman–Crippen LogP) is 6.83. The number of nitrogens with zero attached hydrogens (tertiary/aromatic N) is 2. The first-order chi connectivity index (χ1) is 16.6. The number of aromatic amines is 1. The van der Waals surface area contributed by atoms with Gasteiger partial charge in [-0.15, -0.1) is 0 Å². The Morgan fingerprint density at radius 1 is 1.09 bits per heavy atom. The molecule has 1 aliphatic heterocycles. The summed E-state index contributed by atoms with van der Waals surface area (Å²) in [5, 5.41) is 3.47. The highest BCUT2D eigenvalue weighted by atomic mass is 35.5. The number of aromatic nitrogens is 2. The Bertz CT molecular complexity index is 1300. The summed E-state index contributed by atoms with van der Waals surface area (Å²) < 4.78 is 20.2. The molecule has 5 nitrogen and oxygen atoms in total. The molecular weight excluding hydrogens is 451 g/mol. The zero-order valence-corrected chi connectivity index (χ0v) is 19.3. The van der Waals surface area contributed by atoms with Crippen molar-refractivity contribution in [3.8, 4) is 11.1 Å². The van der Waals surface area contributed by atoms with E-state index in [0.29, 0.717) is 28.5 Å². The Morgan fingerprint density at radius 3 is 2.65 bits per heavy atom. The van der Waals surface area contributed by atoms with E-state index in [1.54, 1.807) is 0 Å². The van der Waals surface area contributed by atoms with Crippen LogP contribution in [0, 0.1) is 18.3 Å². The number of imidazole rings is 1. The van der Waals surface area contributed by atoms with Crippen LogP contribution in [0.1, 0.15) is 30.3 Å².